The zero-order chi connectivity index (χ0) is 21.1. The number of nitrogens with zero attached hydrogens (tertiary/aromatic N) is 2. The Morgan fingerprint density at radius 2 is 2.00 bits per heavy atom. The number of amides is 2. The molecule has 0 bridgehead atoms. The van der Waals surface area contributed by atoms with Crippen LogP contribution in [0.5, 0.6) is 11.5 Å². The molecule has 1 heterocycles. The highest BCUT2D eigenvalue weighted by Crippen LogP contribution is 2.44. The van der Waals surface area contributed by atoms with Crippen LogP contribution < -0.4 is 4.74 Å². The minimum Gasteiger partial charge on any atom is -0.503 e. The molecule has 3 rings (SSSR count). The minimum atomic E-state index is -0.443. The van der Waals surface area contributed by atoms with Crippen molar-refractivity contribution in [3.05, 3.63) is 60.9 Å². The van der Waals surface area contributed by atoms with Gasteiger partial charge < -0.3 is 9.84 Å². The Labute approximate surface area is 188 Å². The lowest BCUT2D eigenvalue weighted by Gasteiger charge is -2.13. The quantitative estimate of drug-likeness (QED) is 0.512. The molecule has 1 aliphatic heterocycles. The SMILES string of the molecule is CCOc1cc(/C=C2/SC(=O)N(Cc3ccccc3C#N)C2=O)c(Br)c(Br)c1O. The van der Waals surface area contributed by atoms with E-state index in [1.54, 1.807) is 43.3 Å². The predicted octanol–water partition coefficient (Wildman–Crippen LogP) is 5.42. The maximum absolute atomic E-state index is 12.8. The highest BCUT2D eigenvalue weighted by molar-refractivity contribution is 9.13. The lowest BCUT2D eigenvalue weighted by atomic mass is 10.1. The minimum absolute atomic E-state index is 0.0242. The average Bonchev–Trinajstić information content (AvgIpc) is 2.97. The van der Waals surface area contributed by atoms with Crippen LogP contribution in [0.2, 0.25) is 0 Å². The third-order valence-electron chi connectivity index (χ3n) is 4.10. The number of rotatable bonds is 5. The van der Waals surface area contributed by atoms with E-state index in [1.165, 1.54) is 0 Å². The summed E-state index contributed by atoms with van der Waals surface area (Å²) in [7, 11) is 0. The number of hydrogen-bond acceptors (Lipinski definition) is 6. The molecule has 0 aliphatic carbocycles. The molecule has 1 saturated heterocycles. The first-order chi connectivity index (χ1) is 13.9. The number of aromatic hydroxyl groups is 1. The molecule has 6 nitrogen and oxygen atoms in total. The van der Waals surface area contributed by atoms with Gasteiger partial charge in [0.05, 0.1) is 34.2 Å². The van der Waals surface area contributed by atoms with Crippen molar-refractivity contribution in [2.75, 3.05) is 6.61 Å². The standard InChI is InChI=1S/C20H14Br2N2O4S/c1-2-28-14-7-13(16(21)17(22)18(14)25)8-15-19(26)24(20(27)29-15)10-12-6-4-3-5-11(12)9-23/h3-8,25H,2,10H2,1H3/b15-8+. The van der Waals surface area contributed by atoms with E-state index in [0.29, 0.717) is 32.2 Å². The fourth-order valence-electron chi connectivity index (χ4n) is 2.70. The summed E-state index contributed by atoms with van der Waals surface area (Å²) < 4.78 is 6.34. The Morgan fingerprint density at radius 3 is 2.69 bits per heavy atom. The number of halogens is 2. The molecule has 9 heteroatoms. The molecule has 0 aromatic heterocycles. The third-order valence-corrected chi connectivity index (χ3v) is 7.17. The molecule has 0 atom stereocenters. The number of carbonyl (C=O) groups is 2. The molecule has 0 saturated carbocycles. The van der Waals surface area contributed by atoms with Crippen molar-refractivity contribution < 1.29 is 19.4 Å². The van der Waals surface area contributed by atoms with Gasteiger partial charge >= 0.3 is 0 Å². The Balaban J connectivity index is 1.94. The largest absolute Gasteiger partial charge is 0.503 e. The number of carbonyl (C=O) groups excluding carboxylic acids is 2. The molecule has 2 amide bonds. The Bertz CT molecular complexity index is 1080. The highest BCUT2D eigenvalue weighted by atomic mass is 79.9. The monoisotopic (exact) mass is 536 g/mol. The summed E-state index contributed by atoms with van der Waals surface area (Å²) in [4.78, 5) is 26.6. The smallest absolute Gasteiger partial charge is 0.293 e. The number of imide groups is 1. The first kappa shape index (κ1) is 21.4. The van der Waals surface area contributed by atoms with Gasteiger partial charge in [0.25, 0.3) is 11.1 Å². The van der Waals surface area contributed by atoms with Crippen molar-refractivity contribution in [2.24, 2.45) is 0 Å². The van der Waals surface area contributed by atoms with Gasteiger partial charge in [-0.2, -0.15) is 5.26 Å². The van der Waals surface area contributed by atoms with Gasteiger partial charge in [0.2, 0.25) is 0 Å². The average molecular weight is 538 g/mol. The molecule has 1 N–H and O–H groups in total. The Morgan fingerprint density at radius 1 is 1.28 bits per heavy atom. The lowest BCUT2D eigenvalue weighted by molar-refractivity contribution is -0.123. The van der Waals surface area contributed by atoms with Crippen LogP contribution in [0, 0.1) is 11.3 Å². The molecule has 1 fully saturated rings. The van der Waals surface area contributed by atoms with Gasteiger partial charge in [0.15, 0.2) is 11.5 Å². The van der Waals surface area contributed by atoms with Gasteiger partial charge in [0, 0.05) is 4.47 Å². The van der Waals surface area contributed by atoms with Crippen molar-refractivity contribution in [1.29, 1.82) is 5.26 Å². The third kappa shape index (κ3) is 4.34. The van der Waals surface area contributed by atoms with Crippen molar-refractivity contribution in [2.45, 2.75) is 13.5 Å². The second-order valence-corrected chi connectivity index (χ2v) is 8.49. The first-order valence-electron chi connectivity index (χ1n) is 8.44. The summed E-state index contributed by atoms with van der Waals surface area (Å²) in [5.41, 5.74) is 1.59. The van der Waals surface area contributed by atoms with E-state index in [0.717, 1.165) is 16.7 Å². The van der Waals surface area contributed by atoms with Gasteiger partial charge in [-0.25, -0.2) is 0 Å². The topological polar surface area (TPSA) is 90.6 Å². The van der Waals surface area contributed by atoms with Crippen LogP contribution in [0.3, 0.4) is 0 Å². The zero-order valence-electron chi connectivity index (χ0n) is 15.1. The number of benzene rings is 2. The van der Waals surface area contributed by atoms with Crippen LogP contribution in [0.15, 0.2) is 44.2 Å². The van der Waals surface area contributed by atoms with Gasteiger partial charge in [-0.3, -0.25) is 14.5 Å². The van der Waals surface area contributed by atoms with Crippen LogP contribution in [0.1, 0.15) is 23.6 Å². The van der Waals surface area contributed by atoms with Gasteiger partial charge in [-0.15, -0.1) is 0 Å². The molecule has 2 aromatic carbocycles. The van der Waals surface area contributed by atoms with Crippen molar-refractivity contribution >= 4 is 60.8 Å². The molecule has 1 aliphatic rings. The van der Waals surface area contributed by atoms with Crippen molar-refractivity contribution in [3.63, 3.8) is 0 Å². The molecule has 0 radical (unpaired) electrons. The number of thioether (sulfide) groups is 1. The summed E-state index contributed by atoms with van der Waals surface area (Å²) >= 11 is 7.50. The maximum atomic E-state index is 12.8. The fourth-order valence-corrected chi connectivity index (χ4v) is 4.37. The van der Waals surface area contributed by atoms with E-state index in [2.05, 4.69) is 37.9 Å². The zero-order valence-corrected chi connectivity index (χ0v) is 19.1. The molecule has 29 heavy (non-hydrogen) atoms. The van der Waals surface area contributed by atoms with E-state index in [-0.39, 0.29) is 22.9 Å². The summed E-state index contributed by atoms with van der Waals surface area (Å²) in [6.45, 7) is 2.17. The number of hydrogen-bond donors (Lipinski definition) is 1. The van der Waals surface area contributed by atoms with E-state index in [4.69, 9.17) is 4.74 Å². The molecule has 148 valence electrons. The second-order valence-electron chi connectivity index (χ2n) is 5.91. The number of phenolic OH excluding ortho intramolecular Hbond substituents is 1. The molecular formula is C20H14Br2N2O4S. The maximum Gasteiger partial charge on any atom is 0.293 e. The molecule has 0 unspecified atom stereocenters. The van der Waals surface area contributed by atoms with Crippen LogP contribution in [-0.2, 0) is 11.3 Å². The van der Waals surface area contributed by atoms with E-state index >= 15 is 0 Å². The lowest BCUT2D eigenvalue weighted by Crippen LogP contribution is -2.27. The van der Waals surface area contributed by atoms with E-state index in [9.17, 15) is 20.0 Å². The summed E-state index contributed by atoms with van der Waals surface area (Å²) in [6.07, 6.45) is 1.57. The van der Waals surface area contributed by atoms with E-state index in [1.807, 2.05) is 0 Å². The van der Waals surface area contributed by atoms with Crippen LogP contribution >= 0.6 is 43.6 Å². The van der Waals surface area contributed by atoms with E-state index < -0.39 is 11.1 Å². The van der Waals surface area contributed by atoms with Gasteiger partial charge in [-0.1, -0.05) is 18.2 Å². The summed E-state index contributed by atoms with van der Waals surface area (Å²) in [5, 5.41) is 19.0. The first-order valence-corrected chi connectivity index (χ1v) is 10.8. The number of phenols is 1. The normalized spacial score (nSPS) is 15.1. The van der Waals surface area contributed by atoms with Crippen molar-refractivity contribution in [3.8, 4) is 17.6 Å². The molecule has 2 aromatic rings. The Kier molecular flexibility index (Phi) is 6.67. The fraction of sp³-hybridized carbons (Fsp3) is 0.150. The summed E-state index contributed by atoms with van der Waals surface area (Å²) in [5.74, 6) is -0.241. The Hall–Kier alpha value is -2.28. The second kappa shape index (κ2) is 9.03. The number of nitriles is 1. The predicted molar refractivity (Wildman–Crippen MR) is 117 cm³/mol. The van der Waals surface area contributed by atoms with Gasteiger partial charge in [0.1, 0.15) is 0 Å². The summed E-state index contributed by atoms with van der Waals surface area (Å²) in [6, 6.07) is 10.5. The van der Waals surface area contributed by atoms with Gasteiger partial charge in [-0.05, 0) is 79.9 Å². The molecular weight excluding hydrogens is 524 g/mol. The number of ether oxygens (including phenoxy) is 1. The molecule has 0 spiro atoms. The van der Waals surface area contributed by atoms with Crippen molar-refractivity contribution in [1.82, 2.24) is 4.90 Å². The van der Waals surface area contributed by atoms with Crippen LogP contribution in [-0.4, -0.2) is 27.8 Å². The van der Waals surface area contributed by atoms with Crippen LogP contribution in [0.25, 0.3) is 6.08 Å². The van der Waals surface area contributed by atoms with Crippen LogP contribution in [0.4, 0.5) is 4.79 Å². The highest BCUT2D eigenvalue weighted by Gasteiger charge is 2.35.